The lowest BCUT2D eigenvalue weighted by Crippen LogP contribution is -2.34. The number of carbonyl (C=O) groups is 1. The Kier molecular flexibility index (Phi) is 4.56. The fourth-order valence-electron chi connectivity index (χ4n) is 2.61. The molecule has 3 N–H and O–H groups in total. The number of hydrogen-bond acceptors (Lipinski definition) is 3. The smallest absolute Gasteiger partial charge is 0.229 e. The van der Waals surface area contributed by atoms with Crippen LogP contribution in [0.3, 0.4) is 0 Å². The van der Waals surface area contributed by atoms with Gasteiger partial charge >= 0.3 is 0 Å². The third kappa shape index (κ3) is 3.78. The minimum atomic E-state index is -0.0264. The van der Waals surface area contributed by atoms with Crippen LogP contribution >= 0.6 is 0 Å². The topological polar surface area (TPSA) is 58.4 Å². The van der Waals surface area contributed by atoms with Crippen molar-refractivity contribution >= 4 is 11.6 Å². The molecule has 1 aromatic rings. The maximum atomic E-state index is 12.1. The van der Waals surface area contributed by atoms with E-state index in [1.54, 1.807) is 0 Å². The zero-order valence-electron chi connectivity index (χ0n) is 11.7. The van der Waals surface area contributed by atoms with Gasteiger partial charge in [0.1, 0.15) is 0 Å². The summed E-state index contributed by atoms with van der Waals surface area (Å²) in [5, 5.41) is 2.96. The largest absolute Gasteiger partial charge is 0.327 e. The molecule has 1 aliphatic carbocycles. The number of benzene rings is 1. The third-order valence-electron chi connectivity index (χ3n) is 3.63. The molecule has 0 saturated heterocycles. The Morgan fingerprint density at radius 1 is 1.32 bits per heavy atom. The van der Waals surface area contributed by atoms with Crippen LogP contribution in [0.4, 0.5) is 5.69 Å². The molecule has 2 rings (SSSR count). The van der Waals surface area contributed by atoms with E-state index < -0.39 is 0 Å². The van der Waals surface area contributed by atoms with Gasteiger partial charge in [0.15, 0.2) is 0 Å². The molecular weight excluding hydrogens is 238 g/mol. The van der Waals surface area contributed by atoms with Gasteiger partial charge in [-0.05, 0) is 44.6 Å². The molecule has 4 heteroatoms. The number of rotatable bonds is 4. The van der Waals surface area contributed by atoms with Crippen LogP contribution in [-0.4, -0.2) is 30.9 Å². The van der Waals surface area contributed by atoms with Crippen molar-refractivity contribution in [2.75, 3.05) is 19.4 Å². The fourth-order valence-corrected chi connectivity index (χ4v) is 2.61. The van der Waals surface area contributed by atoms with E-state index in [9.17, 15) is 4.79 Å². The highest BCUT2D eigenvalue weighted by Gasteiger charge is 2.30. The molecule has 1 aromatic carbocycles. The Hall–Kier alpha value is -1.39. The molecule has 1 aliphatic rings. The molecule has 0 bridgehead atoms. The van der Waals surface area contributed by atoms with E-state index in [4.69, 9.17) is 5.73 Å². The lowest BCUT2D eigenvalue weighted by Gasteiger charge is -2.15. The highest BCUT2D eigenvalue weighted by atomic mass is 16.1. The van der Waals surface area contributed by atoms with Crippen LogP contribution in [0.1, 0.15) is 24.8 Å². The van der Waals surface area contributed by atoms with Crippen LogP contribution < -0.4 is 11.1 Å². The summed E-state index contributed by atoms with van der Waals surface area (Å²) in [4.78, 5) is 14.2. The Labute approximate surface area is 115 Å². The van der Waals surface area contributed by atoms with Crippen molar-refractivity contribution in [2.45, 2.75) is 31.8 Å². The van der Waals surface area contributed by atoms with Crippen molar-refractivity contribution in [1.82, 2.24) is 4.90 Å². The summed E-state index contributed by atoms with van der Waals surface area (Å²) < 4.78 is 0. The fraction of sp³-hybridized carbons (Fsp3) is 0.533. The summed E-state index contributed by atoms with van der Waals surface area (Å²) in [5.74, 6) is 0.0341. The zero-order chi connectivity index (χ0) is 13.8. The summed E-state index contributed by atoms with van der Waals surface area (Å²) in [7, 11) is 4.08. The highest BCUT2D eigenvalue weighted by Crippen LogP contribution is 2.25. The lowest BCUT2D eigenvalue weighted by molar-refractivity contribution is -0.120. The predicted molar refractivity (Wildman–Crippen MR) is 77.8 cm³/mol. The highest BCUT2D eigenvalue weighted by molar-refractivity contribution is 5.93. The van der Waals surface area contributed by atoms with E-state index in [0.717, 1.165) is 31.5 Å². The number of nitrogens with one attached hydrogen (secondary N) is 1. The molecule has 0 aromatic heterocycles. The zero-order valence-corrected chi connectivity index (χ0v) is 11.7. The third-order valence-corrected chi connectivity index (χ3v) is 3.63. The van der Waals surface area contributed by atoms with Crippen molar-refractivity contribution in [3.8, 4) is 0 Å². The average Bonchev–Trinajstić information content (AvgIpc) is 2.77. The van der Waals surface area contributed by atoms with Gasteiger partial charge in [-0.15, -0.1) is 0 Å². The second-order valence-corrected chi connectivity index (χ2v) is 5.63. The van der Waals surface area contributed by atoms with E-state index in [1.165, 1.54) is 5.56 Å². The molecule has 19 heavy (non-hydrogen) atoms. The van der Waals surface area contributed by atoms with Gasteiger partial charge in [0.2, 0.25) is 5.91 Å². The van der Waals surface area contributed by atoms with E-state index in [2.05, 4.69) is 10.2 Å². The monoisotopic (exact) mass is 261 g/mol. The van der Waals surface area contributed by atoms with Gasteiger partial charge in [-0.3, -0.25) is 4.79 Å². The van der Waals surface area contributed by atoms with Gasteiger partial charge in [-0.2, -0.15) is 0 Å². The SMILES string of the molecule is CN(C)Cc1ccc(NC(=O)C2CCCC2N)cc1. The van der Waals surface area contributed by atoms with E-state index in [-0.39, 0.29) is 17.9 Å². The molecule has 2 unspecified atom stereocenters. The lowest BCUT2D eigenvalue weighted by atomic mass is 10.0. The molecule has 2 atom stereocenters. The summed E-state index contributed by atoms with van der Waals surface area (Å²) >= 11 is 0. The molecule has 1 fully saturated rings. The van der Waals surface area contributed by atoms with Gasteiger partial charge in [-0.1, -0.05) is 18.6 Å². The number of carbonyl (C=O) groups excluding carboxylic acids is 1. The number of hydrogen-bond donors (Lipinski definition) is 2. The average molecular weight is 261 g/mol. The van der Waals surface area contributed by atoms with Crippen molar-refractivity contribution < 1.29 is 4.79 Å². The van der Waals surface area contributed by atoms with E-state index >= 15 is 0 Å². The van der Waals surface area contributed by atoms with Gasteiger partial charge in [0.05, 0.1) is 5.92 Å². The second kappa shape index (κ2) is 6.17. The number of nitrogens with two attached hydrogens (primary N) is 1. The number of nitrogens with zero attached hydrogens (tertiary/aromatic N) is 1. The van der Waals surface area contributed by atoms with Crippen LogP contribution in [0.25, 0.3) is 0 Å². The first-order valence-corrected chi connectivity index (χ1v) is 6.86. The Balaban J connectivity index is 1.93. The van der Waals surface area contributed by atoms with Gasteiger partial charge in [0, 0.05) is 18.3 Å². The molecule has 1 saturated carbocycles. The van der Waals surface area contributed by atoms with Gasteiger partial charge in [-0.25, -0.2) is 0 Å². The summed E-state index contributed by atoms with van der Waals surface area (Å²) in [5.41, 5.74) is 8.04. The van der Waals surface area contributed by atoms with E-state index in [1.807, 2.05) is 38.4 Å². The van der Waals surface area contributed by atoms with Crippen molar-refractivity contribution in [3.63, 3.8) is 0 Å². The Bertz CT molecular complexity index is 428. The molecule has 0 heterocycles. The van der Waals surface area contributed by atoms with Crippen molar-refractivity contribution in [2.24, 2.45) is 11.7 Å². The molecule has 0 aliphatic heterocycles. The Morgan fingerprint density at radius 3 is 2.53 bits per heavy atom. The maximum Gasteiger partial charge on any atom is 0.229 e. The molecular formula is C15H23N3O. The number of anilines is 1. The van der Waals surface area contributed by atoms with Crippen molar-refractivity contribution in [1.29, 1.82) is 0 Å². The second-order valence-electron chi connectivity index (χ2n) is 5.63. The predicted octanol–water partition coefficient (Wildman–Crippen LogP) is 1.81. The minimum Gasteiger partial charge on any atom is -0.327 e. The molecule has 4 nitrogen and oxygen atoms in total. The maximum absolute atomic E-state index is 12.1. The quantitative estimate of drug-likeness (QED) is 0.869. The normalized spacial score (nSPS) is 22.7. The van der Waals surface area contributed by atoms with Crippen LogP contribution in [0.2, 0.25) is 0 Å². The number of amides is 1. The first kappa shape index (κ1) is 14.0. The first-order valence-electron chi connectivity index (χ1n) is 6.86. The molecule has 104 valence electrons. The summed E-state index contributed by atoms with van der Waals surface area (Å²) in [6.07, 6.45) is 2.92. The first-order chi connectivity index (χ1) is 9.06. The van der Waals surface area contributed by atoms with E-state index in [0.29, 0.717) is 0 Å². The molecule has 0 spiro atoms. The minimum absolute atomic E-state index is 0.0213. The van der Waals surface area contributed by atoms with Gasteiger partial charge < -0.3 is 16.0 Å². The molecule has 0 radical (unpaired) electrons. The molecule has 1 amide bonds. The van der Waals surface area contributed by atoms with Crippen LogP contribution in [0, 0.1) is 5.92 Å². The van der Waals surface area contributed by atoms with Crippen LogP contribution in [-0.2, 0) is 11.3 Å². The van der Waals surface area contributed by atoms with Crippen molar-refractivity contribution in [3.05, 3.63) is 29.8 Å². The van der Waals surface area contributed by atoms with Gasteiger partial charge in [0.25, 0.3) is 0 Å². The van der Waals surface area contributed by atoms with Crippen LogP contribution in [0.5, 0.6) is 0 Å². The standard InChI is InChI=1S/C15H23N3O/c1-18(2)10-11-6-8-12(9-7-11)17-15(19)13-4-3-5-14(13)16/h6-9,13-14H,3-5,10,16H2,1-2H3,(H,17,19). The Morgan fingerprint density at radius 2 is 2.00 bits per heavy atom. The summed E-state index contributed by atoms with van der Waals surface area (Å²) in [6.45, 7) is 0.904. The van der Waals surface area contributed by atoms with Crippen LogP contribution in [0.15, 0.2) is 24.3 Å². The summed E-state index contributed by atoms with van der Waals surface area (Å²) in [6, 6.07) is 8.02.